The second-order valence-electron chi connectivity index (χ2n) is 0. The third-order valence-corrected chi connectivity index (χ3v) is 0. The van der Waals surface area contributed by atoms with Crippen LogP contribution in [0, 0.1) is 11.8 Å². The van der Waals surface area contributed by atoms with Gasteiger partial charge in [0.1, 0.15) is 0 Å². The zero-order valence-electron chi connectivity index (χ0n) is 2.03. The van der Waals surface area contributed by atoms with E-state index in [1.807, 2.05) is 0 Å². The van der Waals surface area contributed by atoms with Crippen LogP contribution < -0.4 is 12.4 Å². The van der Waals surface area contributed by atoms with Crippen LogP contribution in [0.5, 0.6) is 0 Å². The van der Waals surface area contributed by atoms with Gasteiger partial charge in [-0.1, -0.05) is 0 Å². The molecule has 0 N–H and O–H groups in total. The number of halogens is 1. The maximum Gasteiger partial charge on any atom is 2.00 e. The van der Waals surface area contributed by atoms with E-state index in [4.69, 9.17) is 11.8 Å². The molecule has 18 valence electrons. The molecule has 0 unspecified atom stereocenters. The third kappa shape index (κ3) is 15.6. The molecule has 0 rings (SSSR count). The molecule has 0 amide bonds. The van der Waals surface area contributed by atoms with E-state index >= 15 is 0 Å². The van der Waals surface area contributed by atoms with Crippen molar-refractivity contribution in [3.63, 3.8) is 0 Å². The summed E-state index contributed by atoms with van der Waals surface area (Å²) in [7, 11) is 0. The molecule has 0 aromatic carbocycles. The van der Waals surface area contributed by atoms with Crippen LogP contribution in [0.15, 0.2) is 0 Å². The molecule has 0 aromatic heterocycles. The monoisotopic (exact) mass is 263 g/mol. The normalized spacial score (nSPS) is 0.500. The average molecular weight is 262 g/mol. The Hall–Kier alpha value is 0.715. The van der Waals surface area contributed by atoms with Crippen molar-refractivity contribution < 1.29 is 40.1 Å². The van der Waals surface area contributed by atoms with E-state index in [1.54, 1.807) is 0 Å². The van der Waals surface area contributed by atoms with Crippen LogP contribution in [-0.4, -0.2) is 0 Å². The van der Waals surface area contributed by atoms with Crippen molar-refractivity contribution in [1.29, 1.82) is 5.26 Å². The van der Waals surface area contributed by atoms with E-state index in [0.717, 1.165) is 0 Å². The second-order valence-corrected chi connectivity index (χ2v) is 0. The van der Waals surface area contributed by atoms with Crippen molar-refractivity contribution in [3.8, 4) is 0 Å². The zero-order chi connectivity index (χ0) is 2.00. The predicted octanol–water partition coefficient (Wildman–Crippen LogP) is -2.90. The Kier molecular flexibility index (Phi) is 296. The van der Waals surface area contributed by atoms with Crippen molar-refractivity contribution in [3.05, 3.63) is 6.57 Å². The summed E-state index contributed by atoms with van der Waals surface area (Å²) in [6.07, 6.45) is 0. The Labute approximate surface area is 51.9 Å². The largest absolute Gasteiger partial charge is 2.00 e. The average Bonchev–Trinajstić information content (AvgIpc) is 1.00. The van der Waals surface area contributed by atoms with Crippen LogP contribution in [0.1, 0.15) is 0 Å². The Morgan fingerprint density at radius 1 is 1.25 bits per heavy atom. The number of nitrogens with zero attached hydrogens (tertiary/aromatic N) is 1. The van der Waals surface area contributed by atoms with Gasteiger partial charge in [-0.05, 0) is 0 Å². The zero-order valence-corrected chi connectivity index (χ0v) is 8.29. The summed E-state index contributed by atoms with van der Waals surface area (Å²) in [6, 6.07) is 0. The molecule has 3 heteroatoms. The van der Waals surface area contributed by atoms with Crippen molar-refractivity contribution in [2.45, 2.75) is 0 Å². The minimum atomic E-state index is 0. The summed E-state index contributed by atoms with van der Waals surface area (Å²) in [5, 5.41) is 6.25. The molecule has 0 saturated carbocycles. The SMILES string of the molecule is [C-]#N.[Cl-].[Hg+2]. The Balaban J connectivity index is -0.00000000500. The molecule has 0 bridgehead atoms. The van der Waals surface area contributed by atoms with E-state index < -0.39 is 0 Å². The first-order chi connectivity index (χ1) is 1.00. The maximum absolute atomic E-state index is 6.25. The quantitative estimate of drug-likeness (QED) is 0.339. The van der Waals surface area contributed by atoms with E-state index in [1.165, 1.54) is 0 Å². The van der Waals surface area contributed by atoms with E-state index in [9.17, 15) is 0 Å². The molecular weight excluding hydrogens is 262 g/mol. The molecule has 0 atom stereocenters. The van der Waals surface area contributed by atoms with Crippen molar-refractivity contribution in [2.75, 3.05) is 0 Å². The molecule has 0 fully saturated rings. The van der Waals surface area contributed by atoms with Crippen LogP contribution in [0.2, 0.25) is 0 Å². The summed E-state index contributed by atoms with van der Waals surface area (Å²) in [5.74, 6) is 0. The molecule has 1 nitrogen and oxygen atoms in total. The fourth-order valence-corrected chi connectivity index (χ4v) is 0. The van der Waals surface area contributed by atoms with Gasteiger partial charge in [-0.15, -0.1) is 0 Å². The Morgan fingerprint density at radius 2 is 1.25 bits per heavy atom. The van der Waals surface area contributed by atoms with Crippen LogP contribution in [0.4, 0.5) is 0 Å². The summed E-state index contributed by atoms with van der Waals surface area (Å²) in [5.41, 5.74) is 0. The van der Waals surface area contributed by atoms with Gasteiger partial charge >= 0.3 is 27.7 Å². The molecule has 0 aliphatic heterocycles. The van der Waals surface area contributed by atoms with Crippen molar-refractivity contribution in [1.82, 2.24) is 0 Å². The van der Waals surface area contributed by atoms with E-state index in [2.05, 4.69) is 0 Å². The Bertz CT molecular complexity index is 12.8. The van der Waals surface area contributed by atoms with Gasteiger partial charge in [0.15, 0.2) is 0 Å². The van der Waals surface area contributed by atoms with Crippen LogP contribution in [-0.2, 0) is 27.7 Å². The molecule has 0 aliphatic carbocycles. The molecule has 0 radical (unpaired) electrons. The second kappa shape index (κ2) is 53.6. The standard InChI is InChI=1S/CN.ClH.Hg/c1-2;;/h;1H;/q-1;;+2/p-1. The fourth-order valence-electron chi connectivity index (χ4n) is 0. The summed E-state index contributed by atoms with van der Waals surface area (Å²) < 4.78 is 0. The van der Waals surface area contributed by atoms with Crippen molar-refractivity contribution in [2.24, 2.45) is 0 Å². The summed E-state index contributed by atoms with van der Waals surface area (Å²) in [6.45, 7) is 4.75. The molecule has 4 heavy (non-hydrogen) atoms. The van der Waals surface area contributed by atoms with Gasteiger partial charge in [-0.25, -0.2) is 0 Å². The third-order valence-electron chi connectivity index (χ3n) is 0. The van der Waals surface area contributed by atoms with Crippen LogP contribution in [0.3, 0.4) is 0 Å². The van der Waals surface area contributed by atoms with Crippen LogP contribution in [0.25, 0.3) is 0 Å². The van der Waals surface area contributed by atoms with Crippen LogP contribution >= 0.6 is 0 Å². The number of hydrogen-bond acceptors (Lipinski definition) is 1. The van der Waals surface area contributed by atoms with Gasteiger partial charge in [-0.2, -0.15) is 0 Å². The molecule has 0 aliphatic rings. The summed E-state index contributed by atoms with van der Waals surface area (Å²) in [4.78, 5) is 0. The Morgan fingerprint density at radius 3 is 1.25 bits per heavy atom. The van der Waals surface area contributed by atoms with Crippen molar-refractivity contribution >= 4 is 0 Å². The minimum Gasteiger partial charge on any atom is -1.00 e. The maximum atomic E-state index is 6.25. The number of rotatable bonds is 0. The van der Waals surface area contributed by atoms with E-state index in [0.29, 0.717) is 0 Å². The topological polar surface area (TPSA) is 23.8 Å². The van der Waals surface area contributed by atoms with Gasteiger partial charge in [0.2, 0.25) is 0 Å². The van der Waals surface area contributed by atoms with Gasteiger partial charge in [0.25, 0.3) is 0 Å². The van der Waals surface area contributed by atoms with Gasteiger partial charge in [0.05, 0.1) is 0 Å². The minimum absolute atomic E-state index is 0. The first kappa shape index (κ1) is 22.1. The molecular formula is CClHgN. The van der Waals surface area contributed by atoms with E-state index in [-0.39, 0.29) is 40.1 Å². The van der Waals surface area contributed by atoms with Gasteiger partial charge < -0.3 is 24.2 Å². The summed E-state index contributed by atoms with van der Waals surface area (Å²) >= 11 is 0. The predicted molar refractivity (Wildman–Crippen MR) is 4.97 cm³/mol. The van der Waals surface area contributed by atoms with Gasteiger partial charge in [-0.3, -0.25) is 0 Å². The van der Waals surface area contributed by atoms with Gasteiger partial charge in [0, 0.05) is 0 Å². The molecule has 0 heterocycles. The molecule has 0 aromatic rings. The first-order valence-electron chi connectivity index (χ1n) is 0.224. The smallest absolute Gasteiger partial charge is 1.00 e. The fraction of sp³-hybridized carbons (Fsp3) is 0. The number of hydrogen-bond donors (Lipinski definition) is 0. The molecule has 0 saturated heterocycles. The molecule has 0 spiro atoms. The first-order valence-corrected chi connectivity index (χ1v) is 0.224.